The minimum atomic E-state index is -3.69. The highest BCUT2D eigenvalue weighted by Crippen LogP contribution is 2.25. The lowest BCUT2D eigenvalue weighted by Gasteiger charge is -2.25. The van der Waals surface area contributed by atoms with Crippen LogP contribution in [0.2, 0.25) is 0 Å². The van der Waals surface area contributed by atoms with E-state index in [-0.39, 0.29) is 10.8 Å². The normalized spacial score (nSPS) is 20.4. The summed E-state index contributed by atoms with van der Waals surface area (Å²) in [5, 5.41) is 0. The summed E-state index contributed by atoms with van der Waals surface area (Å²) in [6.45, 7) is 9.39. The fourth-order valence-electron chi connectivity index (χ4n) is 3.35. The van der Waals surface area contributed by atoms with E-state index in [2.05, 4.69) is 18.6 Å². The largest absolute Gasteiger partial charge is 0.341 e. The van der Waals surface area contributed by atoms with Crippen LogP contribution in [0, 0.1) is 18.8 Å². The van der Waals surface area contributed by atoms with E-state index >= 15 is 0 Å². The van der Waals surface area contributed by atoms with Gasteiger partial charge in [0.1, 0.15) is 0 Å². The van der Waals surface area contributed by atoms with Crippen LogP contribution < -0.4 is 4.72 Å². The highest BCUT2D eigenvalue weighted by Gasteiger charge is 2.28. The molecule has 0 aromatic heterocycles. The van der Waals surface area contributed by atoms with Crippen LogP contribution in [0.15, 0.2) is 29.2 Å². The summed E-state index contributed by atoms with van der Waals surface area (Å²) in [4.78, 5) is 14.7. The van der Waals surface area contributed by atoms with Gasteiger partial charge in [-0.25, -0.2) is 8.42 Å². The van der Waals surface area contributed by atoms with Gasteiger partial charge in [0.05, 0.1) is 10.9 Å². The number of hydrogen-bond donors (Lipinski definition) is 1. The summed E-state index contributed by atoms with van der Waals surface area (Å²) in [5.41, 5.74) is 0.993. The first kappa shape index (κ1) is 19.9. The second-order valence-electron chi connectivity index (χ2n) is 7.42. The number of amides is 1. The maximum Gasteiger partial charge on any atom is 0.241 e. The van der Waals surface area contributed by atoms with Crippen LogP contribution in [-0.4, -0.2) is 38.4 Å². The number of nitrogens with zero attached hydrogens (tertiary/aromatic N) is 1. The number of sulfonamides is 1. The van der Waals surface area contributed by atoms with Gasteiger partial charge in [-0.15, -0.1) is 0 Å². The number of hydrogen-bond acceptors (Lipinski definition) is 3. The molecule has 1 aliphatic rings. The third-order valence-electron chi connectivity index (χ3n) is 5.06. The van der Waals surface area contributed by atoms with Gasteiger partial charge in [0.15, 0.2) is 0 Å². The van der Waals surface area contributed by atoms with Crippen molar-refractivity contribution >= 4 is 15.9 Å². The van der Waals surface area contributed by atoms with Crippen LogP contribution in [0.5, 0.6) is 0 Å². The monoisotopic (exact) mass is 366 g/mol. The first-order valence-electron chi connectivity index (χ1n) is 9.08. The van der Waals surface area contributed by atoms with Gasteiger partial charge in [-0.2, -0.15) is 4.72 Å². The standard InChI is InChI=1S/C19H30N2O3S/c1-14(2)17-6-5-12-21(13-11-17)19(22)16(4)20-25(23,24)18-9-7-15(3)8-10-18/h7-10,14,16-17,20H,5-6,11-13H2,1-4H3/t16-,17?/m0/s1. The number of likely N-dealkylation sites (tertiary alicyclic amines) is 1. The number of carbonyl (C=O) groups is 1. The summed E-state index contributed by atoms with van der Waals surface area (Å²) in [6.07, 6.45) is 3.10. The molecule has 140 valence electrons. The molecule has 0 aliphatic carbocycles. The smallest absolute Gasteiger partial charge is 0.241 e. The zero-order valence-corrected chi connectivity index (χ0v) is 16.5. The van der Waals surface area contributed by atoms with Gasteiger partial charge < -0.3 is 4.90 Å². The van der Waals surface area contributed by atoms with Gasteiger partial charge in [-0.1, -0.05) is 31.5 Å². The fraction of sp³-hybridized carbons (Fsp3) is 0.632. The van der Waals surface area contributed by atoms with Gasteiger partial charge in [0.25, 0.3) is 0 Å². The fourth-order valence-corrected chi connectivity index (χ4v) is 4.55. The molecule has 2 rings (SSSR count). The summed E-state index contributed by atoms with van der Waals surface area (Å²) in [7, 11) is -3.69. The lowest BCUT2D eigenvalue weighted by molar-refractivity contribution is -0.132. The van der Waals surface area contributed by atoms with Crippen molar-refractivity contribution in [2.24, 2.45) is 11.8 Å². The van der Waals surface area contributed by atoms with Crippen LogP contribution in [0.25, 0.3) is 0 Å². The van der Waals surface area contributed by atoms with E-state index in [1.165, 1.54) is 0 Å². The molecule has 1 N–H and O–H groups in total. The summed E-state index contributed by atoms with van der Waals surface area (Å²) in [5.74, 6) is 1.12. The van der Waals surface area contributed by atoms with E-state index in [1.807, 2.05) is 11.8 Å². The summed E-state index contributed by atoms with van der Waals surface area (Å²) < 4.78 is 27.5. The quantitative estimate of drug-likeness (QED) is 0.871. The zero-order valence-electron chi connectivity index (χ0n) is 15.7. The van der Waals surface area contributed by atoms with E-state index < -0.39 is 16.1 Å². The molecule has 2 atom stereocenters. The Balaban J connectivity index is 2.01. The van der Waals surface area contributed by atoms with Crippen LogP contribution in [0.1, 0.15) is 45.6 Å². The van der Waals surface area contributed by atoms with Gasteiger partial charge in [0, 0.05) is 13.1 Å². The average Bonchev–Trinajstić information content (AvgIpc) is 2.80. The minimum Gasteiger partial charge on any atom is -0.341 e. The zero-order chi connectivity index (χ0) is 18.6. The summed E-state index contributed by atoms with van der Waals surface area (Å²) in [6, 6.07) is 5.87. The van der Waals surface area contributed by atoms with E-state index in [0.29, 0.717) is 24.9 Å². The third-order valence-corrected chi connectivity index (χ3v) is 6.62. The van der Waals surface area contributed by atoms with Crippen molar-refractivity contribution in [2.75, 3.05) is 13.1 Å². The van der Waals surface area contributed by atoms with Crippen molar-refractivity contribution in [3.05, 3.63) is 29.8 Å². The Labute approximate surface area is 151 Å². The van der Waals surface area contributed by atoms with Crippen molar-refractivity contribution in [2.45, 2.75) is 57.9 Å². The van der Waals surface area contributed by atoms with E-state index in [0.717, 1.165) is 24.8 Å². The molecule has 1 aliphatic heterocycles. The van der Waals surface area contributed by atoms with Crippen molar-refractivity contribution < 1.29 is 13.2 Å². The SMILES string of the molecule is Cc1ccc(S(=O)(=O)N[C@@H](C)C(=O)N2CCCC(C(C)C)CC2)cc1. The molecule has 0 spiro atoms. The second kappa shape index (κ2) is 8.32. The average molecular weight is 367 g/mol. The molecule has 5 nitrogen and oxygen atoms in total. The molecule has 25 heavy (non-hydrogen) atoms. The lowest BCUT2D eigenvalue weighted by Crippen LogP contribution is -2.47. The Bertz CT molecular complexity index is 683. The van der Waals surface area contributed by atoms with Crippen molar-refractivity contribution in [1.82, 2.24) is 9.62 Å². The first-order valence-corrected chi connectivity index (χ1v) is 10.6. The predicted octanol–water partition coefficient (Wildman–Crippen LogP) is 2.95. The highest BCUT2D eigenvalue weighted by molar-refractivity contribution is 7.89. The number of rotatable bonds is 5. The van der Waals surface area contributed by atoms with Crippen LogP contribution in [0.3, 0.4) is 0 Å². The number of nitrogens with one attached hydrogen (secondary N) is 1. The first-order chi connectivity index (χ1) is 11.7. The van der Waals surface area contributed by atoms with Crippen LogP contribution in [-0.2, 0) is 14.8 Å². The Morgan fingerprint density at radius 1 is 1.12 bits per heavy atom. The molecule has 1 aromatic carbocycles. The molecular weight excluding hydrogens is 336 g/mol. The highest BCUT2D eigenvalue weighted by atomic mass is 32.2. The van der Waals surface area contributed by atoms with Crippen molar-refractivity contribution in [1.29, 1.82) is 0 Å². The van der Waals surface area contributed by atoms with Gasteiger partial charge >= 0.3 is 0 Å². The molecule has 1 fully saturated rings. The van der Waals surface area contributed by atoms with Gasteiger partial charge in [0.2, 0.25) is 15.9 Å². The molecule has 1 saturated heterocycles. The van der Waals surface area contributed by atoms with Gasteiger partial charge in [-0.05, 0) is 57.1 Å². The molecule has 0 bridgehead atoms. The Morgan fingerprint density at radius 2 is 1.76 bits per heavy atom. The van der Waals surface area contributed by atoms with Crippen molar-refractivity contribution in [3.63, 3.8) is 0 Å². The summed E-state index contributed by atoms with van der Waals surface area (Å²) >= 11 is 0. The molecule has 1 unspecified atom stereocenters. The van der Waals surface area contributed by atoms with E-state index in [9.17, 15) is 13.2 Å². The minimum absolute atomic E-state index is 0.139. The Hall–Kier alpha value is -1.40. The second-order valence-corrected chi connectivity index (χ2v) is 9.13. The maximum absolute atomic E-state index is 12.7. The van der Waals surface area contributed by atoms with Crippen LogP contribution in [0.4, 0.5) is 0 Å². The Morgan fingerprint density at radius 3 is 2.36 bits per heavy atom. The topological polar surface area (TPSA) is 66.5 Å². The number of carbonyl (C=O) groups excluding carboxylic acids is 1. The number of aryl methyl sites for hydroxylation is 1. The van der Waals surface area contributed by atoms with E-state index in [4.69, 9.17) is 0 Å². The molecular formula is C19H30N2O3S. The lowest BCUT2D eigenvalue weighted by atomic mass is 9.89. The number of benzene rings is 1. The molecule has 1 aromatic rings. The molecule has 1 amide bonds. The molecule has 1 heterocycles. The van der Waals surface area contributed by atoms with E-state index in [1.54, 1.807) is 31.2 Å². The Kier molecular flexibility index (Phi) is 6.63. The molecule has 0 saturated carbocycles. The third kappa shape index (κ3) is 5.28. The van der Waals surface area contributed by atoms with Crippen molar-refractivity contribution in [3.8, 4) is 0 Å². The maximum atomic E-state index is 12.7. The molecule has 6 heteroatoms. The predicted molar refractivity (Wildman–Crippen MR) is 99.7 cm³/mol. The van der Waals surface area contributed by atoms with Gasteiger partial charge in [-0.3, -0.25) is 4.79 Å². The molecule has 0 radical (unpaired) electrons. The van der Waals surface area contributed by atoms with Crippen LogP contribution >= 0.6 is 0 Å².